The number of amides is 2. The topological polar surface area (TPSA) is 443 Å². The predicted octanol–water partition coefficient (Wildman–Crippen LogP) is -5.79. The van der Waals surface area contributed by atoms with Gasteiger partial charge in [0, 0.05) is 35.3 Å². The summed E-state index contributed by atoms with van der Waals surface area (Å²) in [4.78, 5) is 28.1. The van der Waals surface area contributed by atoms with Gasteiger partial charge in [-0.2, -0.15) is 25.6 Å². The third kappa shape index (κ3) is 14.2. The smallest absolute Gasteiger partial charge is 0.858 e. The van der Waals surface area contributed by atoms with Gasteiger partial charge in [0.1, 0.15) is 11.4 Å². The average Bonchev–Trinajstić information content (AvgIpc) is 3.37. The van der Waals surface area contributed by atoms with Crippen molar-refractivity contribution in [2.24, 2.45) is 20.3 Å². The van der Waals surface area contributed by atoms with Crippen LogP contribution in [0, 0.1) is 0 Å². The molecule has 2 aliphatic rings. The summed E-state index contributed by atoms with van der Waals surface area (Å²) in [5.74, 6) is -2.33. The normalized spacial score (nSPS) is 12.3. The summed E-state index contributed by atoms with van der Waals surface area (Å²) in [7, 11) is -7.36. The van der Waals surface area contributed by atoms with E-state index >= 15 is 0 Å². The van der Waals surface area contributed by atoms with Crippen LogP contribution in [0.25, 0.3) is 0 Å². The number of fused-ring (bicyclic) bond motifs is 2. The Bertz CT molecular complexity index is 1760. The van der Waals surface area contributed by atoms with Crippen molar-refractivity contribution in [2.45, 2.75) is 9.79 Å². The zero-order valence-electron chi connectivity index (χ0n) is 24.7. The van der Waals surface area contributed by atoms with Crippen LogP contribution in [0.1, 0.15) is 32.1 Å². The minimum atomic E-state index is -3.68. The molecule has 4 aromatic rings. The number of pyridine rings is 2. The molecule has 6 rings (SSSR count). The van der Waals surface area contributed by atoms with Gasteiger partial charge in [-0.25, -0.2) is 0 Å². The zero-order valence-corrected chi connectivity index (χ0v) is 27.4. The number of primary amides is 2. The van der Waals surface area contributed by atoms with Gasteiger partial charge in [0.2, 0.25) is 0 Å². The summed E-state index contributed by atoms with van der Waals surface area (Å²) >= 11 is 0. The van der Waals surface area contributed by atoms with Crippen molar-refractivity contribution < 1.29 is 86.0 Å². The van der Waals surface area contributed by atoms with Gasteiger partial charge < -0.3 is 54.5 Å². The largest absolute Gasteiger partial charge is 2.00 e. The van der Waals surface area contributed by atoms with Crippen molar-refractivity contribution in [1.29, 1.82) is 0 Å². The van der Waals surface area contributed by atoms with Crippen LogP contribution in [-0.2, 0) is 47.5 Å². The van der Waals surface area contributed by atoms with Gasteiger partial charge in [0.25, 0.3) is 31.9 Å². The molecule has 2 aromatic carbocycles. The van der Waals surface area contributed by atoms with E-state index in [4.69, 9.17) is 11.5 Å². The summed E-state index contributed by atoms with van der Waals surface area (Å²) < 4.78 is 50.3. The maximum absolute atomic E-state index is 11.1. The maximum atomic E-state index is 11.1. The second-order valence-corrected chi connectivity index (χ2v) is 11.0. The molecule has 2 aliphatic heterocycles. The Kier molecular flexibility index (Phi) is 25.2. The van der Waals surface area contributed by atoms with Gasteiger partial charge in [-0.05, 0) is 36.4 Å². The number of benzene rings is 2. The number of sulfonamides is 2. The first-order chi connectivity index (χ1) is 19.8. The van der Waals surface area contributed by atoms with Gasteiger partial charge in [0.05, 0.1) is 9.79 Å². The van der Waals surface area contributed by atoms with Gasteiger partial charge >= 0.3 is 16.5 Å². The van der Waals surface area contributed by atoms with Crippen LogP contribution in [0.5, 0.6) is 0 Å². The number of aromatic nitrogens is 2. The Labute approximate surface area is 288 Å². The van der Waals surface area contributed by atoms with E-state index in [2.05, 4.69) is 18.8 Å². The molecule has 0 spiro atoms. The van der Waals surface area contributed by atoms with Crippen molar-refractivity contribution in [3.63, 3.8) is 0 Å². The second-order valence-electron chi connectivity index (χ2n) is 7.89. The van der Waals surface area contributed by atoms with E-state index in [1.165, 1.54) is 36.7 Å². The average molecular weight is 777 g/mol. The number of carbonyl (C=O) groups excluding carboxylic acids is 2. The van der Waals surface area contributed by atoms with Crippen LogP contribution in [0.15, 0.2) is 116 Å². The Morgan fingerprint density at radius 3 is 1.04 bits per heavy atom. The molecule has 0 radical (unpaired) electrons. The molecular weight excluding hydrogens is 743 g/mol. The van der Waals surface area contributed by atoms with E-state index in [9.17, 15) is 36.6 Å². The molecule has 49 heavy (non-hydrogen) atoms. The van der Waals surface area contributed by atoms with Crippen molar-refractivity contribution in [1.82, 2.24) is 9.97 Å². The predicted molar refractivity (Wildman–Crippen MR) is 170 cm³/mol. The van der Waals surface area contributed by atoms with Crippen LogP contribution in [0.4, 0.5) is 0 Å². The molecule has 2 aromatic heterocycles. The Hall–Kier alpha value is -5.23. The molecule has 0 aliphatic carbocycles. The molecule has 272 valence electrons. The molecule has 4 heterocycles. The van der Waals surface area contributed by atoms with Gasteiger partial charge in [-0.3, -0.25) is 19.6 Å². The van der Waals surface area contributed by atoms with E-state index in [-0.39, 0.29) is 70.3 Å². The maximum Gasteiger partial charge on any atom is 2.00 e. The Morgan fingerprint density at radius 1 is 0.531 bits per heavy atom. The number of carbonyl (C=O) groups is 2. The Morgan fingerprint density at radius 2 is 0.816 bits per heavy atom. The first-order valence-electron chi connectivity index (χ1n) is 11.5. The molecular formula is C26H34N6NiO14S2+2. The summed E-state index contributed by atoms with van der Waals surface area (Å²) in [5, 5.41) is 21.9. The molecule has 2 amide bonds. The van der Waals surface area contributed by atoms with Crippen LogP contribution < -0.4 is 21.7 Å². The van der Waals surface area contributed by atoms with Gasteiger partial charge in [-0.15, -0.1) is 0 Å². The van der Waals surface area contributed by atoms with Gasteiger partial charge in [-0.1, -0.05) is 48.5 Å². The number of nitrogens with two attached hydrogens (primary N) is 2. The third-order valence-electron chi connectivity index (χ3n) is 5.03. The number of nitrogens with zero attached hydrogens (tertiary/aromatic N) is 4. The Balaban J connectivity index is -0.000000169. The van der Waals surface area contributed by atoms with Gasteiger partial charge in [0.15, 0.2) is 0 Å². The number of hydrogen-bond donors (Lipinski definition) is 2. The number of hydrogen-bond acceptors (Lipinski definition) is 10. The molecule has 0 saturated carbocycles. The van der Waals surface area contributed by atoms with Crippen LogP contribution >= 0.6 is 0 Å². The SMILES string of the molecule is NC(=O)c1ccccn1.NC(=O)c1ccccn1.O.O.O.O.O=S1(=O)N=C([O-])c2ccccc21.O=S1(=O)N=C([O-])c2ccccc21.[Ni+2].[OH3+].[OH3+]. The minimum absolute atomic E-state index is 0. The molecule has 20 nitrogen and oxygen atoms in total. The van der Waals surface area contributed by atoms with Crippen molar-refractivity contribution in [3.8, 4) is 0 Å². The third-order valence-corrected chi connectivity index (χ3v) is 7.67. The number of rotatable bonds is 2. The quantitative estimate of drug-likeness (QED) is 0.143. The fraction of sp³-hybridized carbons (Fsp3) is 0. The molecule has 0 atom stereocenters. The summed E-state index contributed by atoms with van der Waals surface area (Å²) in [6, 6.07) is 22.0. The molecule has 18 N–H and O–H groups in total. The minimum Gasteiger partial charge on any atom is -0.858 e. The van der Waals surface area contributed by atoms with Crippen LogP contribution in [-0.4, -0.2) is 72.3 Å². The molecule has 0 saturated heterocycles. The molecule has 0 bridgehead atoms. The molecule has 0 fully saturated rings. The second kappa shape index (κ2) is 23.2. The van der Waals surface area contributed by atoms with Crippen LogP contribution in [0.2, 0.25) is 0 Å². The van der Waals surface area contributed by atoms with Crippen molar-refractivity contribution >= 4 is 43.7 Å². The van der Waals surface area contributed by atoms with Crippen molar-refractivity contribution in [3.05, 3.63) is 120 Å². The first kappa shape index (κ1) is 53.3. The fourth-order valence-electron chi connectivity index (χ4n) is 3.17. The molecule has 23 heteroatoms. The molecule has 0 unspecified atom stereocenters. The van der Waals surface area contributed by atoms with Crippen LogP contribution in [0.3, 0.4) is 0 Å². The first-order valence-corrected chi connectivity index (χ1v) is 14.4. The van der Waals surface area contributed by atoms with Crippen molar-refractivity contribution in [2.75, 3.05) is 0 Å². The van der Waals surface area contributed by atoms with E-state index in [0.29, 0.717) is 11.4 Å². The fourth-order valence-corrected chi connectivity index (χ4v) is 5.37. The summed E-state index contributed by atoms with van der Waals surface area (Å²) in [5.41, 5.74) is 10.8. The van der Waals surface area contributed by atoms with E-state index < -0.39 is 43.7 Å². The van der Waals surface area contributed by atoms with E-state index in [0.717, 1.165) is 0 Å². The van der Waals surface area contributed by atoms with E-state index in [1.54, 1.807) is 60.7 Å². The summed E-state index contributed by atoms with van der Waals surface area (Å²) in [6.45, 7) is 0. The zero-order chi connectivity index (χ0) is 30.9. The standard InChI is InChI=1S/2C7H5NO3S.2C6H6N2O.Ni.6H2O/c2*9-7-5-3-1-2-4-6(5)12(10,11)8-7;2*7-6(9)5-3-1-2-4-8-5;;;;;;;/h2*1-4H,(H,8,9);2*1-4H,(H2,7,9);;6*1H2/q;;;;+2;;;;;;. The summed E-state index contributed by atoms with van der Waals surface area (Å²) in [6.07, 6.45) is 3.06. The van der Waals surface area contributed by atoms with E-state index in [1.807, 2.05) is 0 Å². The monoisotopic (exact) mass is 776 g/mol.